The Kier molecular flexibility index (Phi) is 6.48. The van der Waals surface area contributed by atoms with Crippen molar-refractivity contribution in [2.45, 2.75) is 27.1 Å². The van der Waals surface area contributed by atoms with Crippen LogP contribution in [0.2, 0.25) is 20.1 Å². The standard InChI is InChI=1S/C20H17Cl4N7O/c1-11-18(24)12(2)31(26-11)10-29-6-5-17(27-29)20(32)25-19-16(23)9-30(28-19)8-13-3-4-14(21)7-15(13)22/h3-7,9H,8,10H2,1-2H3,(H,25,28,32). The molecule has 4 aromatic rings. The van der Waals surface area contributed by atoms with Crippen LogP contribution in [0.5, 0.6) is 0 Å². The second kappa shape index (κ2) is 9.15. The molecular weight excluding hydrogens is 496 g/mol. The zero-order chi connectivity index (χ0) is 23.0. The predicted molar refractivity (Wildman–Crippen MR) is 125 cm³/mol. The molecule has 4 rings (SSSR count). The number of carbonyl (C=O) groups excluding carboxylic acids is 1. The number of aromatic nitrogens is 6. The van der Waals surface area contributed by atoms with Gasteiger partial charge in [0.05, 0.1) is 23.0 Å². The molecule has 0 saturated carbocycles. The molecule has 0 atom stereocenters. The molecule has 0 spiro atoms. The van der Waals surface area contributed by atoms with Crippen molar-refractivity contribution < 1.29 is 4.79 Å². The van der Waals surface area contributed by atoms with Crippen LogP contribution in [0.25, 0.3) is 0 Å². The highest BCUT2D eigenvalue weighted by molar-refractivity contribution is 6.35. The number of hydrogen-bond donors (Lipinski definition) is 1. The molecule has 166 valence electrons. The Balaban J connectivity index is 1.44. The first-order chi connectivity index (χ1) is 15.2. The Morgan fingerprint density at radius 1 is 1.00 bits per heavy atom. The Bertz CT molecular complexity index is 1310. The third-order valence-corrected chi connectivity index (χ3v) is 6.15. The van der Waals surface area contributed by atoms with E-state index in [9.17, 15) is 4.79 Å². The minimum absolute atomic E-state index is 0.212. The van der Waals surface area contributed by atoms with Gasteiger partial charge in [-0.05, 0) is 37.6 Å². The van der Waals surface area contributed by atoms with E-state index < -0.39 is 5.91 Å². The SMILES string of the molecule is Cc1nn(Cn2ccc(C(=O)Nc3nn(Cc4ccc(Cl)cc4Cl)cc3Cl)n2)c(C)c1Cl. The van der Waals surface area contributed by atoms with Gasteiger partial charge in [-0.1, -0.05) is 52.5 Å². The third-order valence-electron chi connectivity index (χ3n) is 4.74. The minimum Gasteiger partial charge on any atom is -0.302 e. The van der Waals surface area contributed by atoms with Crippen molar-refractivity contribution in [1.29, 1.82) is 0 Å². The quantitative estimate of drug-likeness (QED) is 0.379. The maximum Gasteiger partial charge on any atom is 0.277 e. The van der Waals surface area contributed by atoms with Gasteiger partial charge in [-0.3, -0.25) is 14.2 Å². The third kappa shape index (κ3) is 4.78. The first-order valence-electron chi connectivity index (χ1n) is 9.42. The van der Waals surface area contributed by atoms with Crippen LogP contribution in [-0.2, 0) is 13.2 Å². The van der Waals surface area contributed by atoms with E-state index in [4.69, 9.17) is 46.4 Å². The smallest absolute Gasteiger partial charge is 0.277 e. The van der Waals surface area contributed by atoms with Crippen molar-refractivity contribution in [2.75, 3.05) is 5.32 Å². The lowest BCUT2D eigenvalue weighted by molar-refractivity contribution is 0.102. The molecule has 0 aliphatic heterocycles. The monoisotopic (exact) mass is 511 g/mol. The van der Waals surface area contributed by atoms with Gasteiger partial charge in [0.1, 0.15) is 11.7 Å². The van der Waals surface area contributed by atoms with Crippen LogP contribution in [0, 0.1) is 13.8 Å². The fourth-order valence-corrected chi connectivity index (χ4v) is 3.87. The molecule has 0 unspecified atom stereocenters. The molecule has 0 radical (unpaired) electrons. The summed E-state index contributed by atoms with van der Waals surface area (Å²) in [6.07, 6.45) is 3.29. The molecule has 1 aromatic carbocycles. The highest BCUT2D eigenvalue weighted by atomic mass is 35.5. The summed E-state index contributed by atoms with van der Waals surface area (Å²) in [5.74, 6) is -0.214. The molecule has 1 amide bonds. The fourth-order valence-electron chi connectivity index (χ4n) is 3.07. The van der Waals surface area contributed by atoms with Crippen molar-refractivity contribution in [2.24, 2.45) is 0 Å². The van der Waals surface area contributed by atoms with Gasteiger partial charge in [-0.15, -0.1) is 0 Å². The van der Waals surface area contributed by atoms with Gasteiger partial charge in [-0.25, -0.2) is 4.68 Å². The Hall–Kier alpha value is -2.52. The first kappa shape index (κ1) is 22.7. The summed E-state index contributed by atoms with van der Waals surface area (Å²) in [5, 5.41) is 17.6. The molecule has 0 fully saturated rings. The second-order valence-electron chi connectivity index (χ2n) is 7.08. The van der Waals surface area contributed by atoms with Gasteiger partial charge >= 0.3 is 0 Å². The molecule has 3 aromatic heterocycles. The fraction of sp³-hybridized carbons (Fsp3) is 0.200. The van der Waals surface area contributed by atoms with Crippen molar-refractivity contribution in [1.82, 2.24) is 29.3 Å². The van der Waals surface area contributed by atoms with Crippen molar-refractivity contribution in [3.63, 3.8) is 0 Å². The minimum atomic E-state index is -0.438. The van der Waals surface area contributed by atoms with E-state index in [1.807, 2.05) is 13.8 Å². The number of benzene rings is 1. The van der Waals surface area contributed by atoms with E-state index in [1.54, 1.807) is 50.7 Å². The van der Waals surface area contributed by atoms with Crippen LogP contribution in [0.1, 0.15) is 27.4 Å². The average molecular weight is 513 g/mol. The summed E-state index contributed by atoms with van der Waals surface area (Å²) < 4.78 is 4.89. The molecule has 1 N–H and O–H groups in total. The lowest BCUT2D eigenvalue weighted by Gasteiger charge is -2.05. The molecular formula is C20H17Cl4N7O. The normalized spacial score (nSPS) is 11.2. The first-order valence-corrected chi connectivity index (χ1v) is 10.9. The highest BCUT2D eigenvalue weighted by Gasteiger charge is 2.16. The lowest BCUT2D eigenvalue weighted by Crippen LogP contribution is -2.16. The maximum absolute atomic E-state index is 12.6. The van der Waals surface area contributed by atoms with Crippen LogP contribution < -0.4 is 5.32 Å². The highest BCUT2D eigenvalue weighted by Crippen LogP contribution is 2.24. The molecule has 12 heteroatoms. The molecule has 32 heavy (non-hydrogen) atoms. The van der Waals surface area contributed by atoms with E-state index in [-0.39, 0.29) is 11.5 Å². The van der Waals surface area contributed by atoms with Gasteiger partial charge < -0.3 is 5.32 Å². The lowest BCUT2D eigenvalue weighted by atomic mass is 10.2. The van der Waals surface area contributed by atoms with E-state index in [0.717, 1.165) is 17.0 Å². The molecule has 0 aliphatic rings. The number of aryl methyl sites for hydroxylation is 1. The van der Waals surface area contributed by atoms with Crippen LogP contribution in [0.3, 0.4) is 0 Å². The number of nitrogens with zero attached hydrogens (tertiary/aromatic N) is 6. The van der Waals surface area contributed by atoms with Gasteiger partial charge in [0, 0.05) is 22.4 Å². The van der Waals surface area contributed by atoms with Crippen molar-refractivity contribution >= 4 is 58.1 Å². The maximum atomic E-state index is 12.6. The van der Waals surface area contributed by atoms with Gasteiger partial charge in [0.2, 0.25) is 0 Å². The van der Waals surface area contributed by atoms with E-state index >= 15 is 0 Å². The summed E-state index contributed by atoms with van der Waals surface area (Å²) in [6, 6.07) is 6.80. The topological polar surface area (TPSA) is 82.6 Å². The summed E-state index contributed by atoms with van der Waals surface area (Å²) in [4.78, 5) is 12.6. The van der Waals surface area contributed by atoms with Gasteiger partial charge in [0.15, 0.2) is 11.5 Å². The van der Waals surface area contributed by atoms with Gasteiger partial charge in [-0.2, -0.15) is 15.3 Å². The number of hydrogen-bond acceptors (Lipinski definition) is 4. The van der Waals surface area contributed by atoms with Crippen LogP contribution >= 0.6 is 46.4 Å². The van der Waals surface area contributed by atoms with Crippen LogP contribution in [0.4, 0.5) is 5.82 Å². The van der Waals surface area contributed by atoms with E-state index in [0.29, 0.717) is 33.3 Å². The molecule has 3 heterocycles. The number of halogens is 4. The zero-order valence-electron chi connectivity index (χ0n) is 17.0. The Morgan fingerprint density at radius 2 is 1.78 bits per heavy atom. The molecule has 0 saturated heterocycles. The summed E-state index contributed by atoms with van der Waals surface area (Å²) >= 11 is 24.6. The summed E-state index contributed by atoms with van der Waals surface area (Å²) in [7, 11) is 0. The number of carbonyl (C=O) groups is 1. The molecule has 0 aliphatic carbocycles. The van der Waals surface area contributed by atoms with Crippen LogP contribution in [0.15, 0.2) is 36.7 Å². The number of anilines is 1. The zero-order valence-corrected chi connectivity index (χ0v) is 20.0. The summed E-state index contributed by atoms with van der Waals surface area (Å²) in [6.45, 7) is 4.39. The van der Waals surface area contributed by atoms with Crippen molar-refractivity contribution in [3.8, 4) is 0 Å². The van der Waals surface area contributed by atoms with E-state index in [2.05, 4.69) is 20.6 Å². The average Bonchev–Trinajstić information content (AvgIpc) is 3.40. The molecule has 0 bridgehead atoms. The molecule has 8 nitrogen and oxygen atoms in total. The van der Waals surface area contributed by atoms with Crippen LogP contribution in [-0.4, -0.2) is 35.2 Å². The van der Waals surface area contributed by atoms with E-state index in [1.165, 1.54) is 0 Å². The van der Waals surface area contributed by atoms with Crippen molar-refractivity contribution in [3.05, 3.63) is 79.4 Å². The number of amides is 1. The summed E-state index contributed by atoms with van der Waals surface area (Å²) in [5.41, 5.74) is 2.59. The second-order valence-corrected chi connectivity index (χ2v) is 8.71. The van der Waals surface area contributed by atoms with Gasteiger partial charge in [0.25, 0.3) is 5.91 Å². The predicted octanol–water partition coefficient (Wildman–Crippen LogP) is 5.31. The largest absolute Gasteiger partial charge is 0.302 e. The number of nitrogens with one attached hydrogen (secondary N) is 1. The Morgan fingerprint density at radius 3 is 2.47 bits per heavy atom. The number of rotatable bonds is 6. The Labute approximate surface area is 203 Å².